The summed E-state index contributed by atoms with van der Waals surface area (Å²) in [4.78, 5) is 15.5. The second-order valence-corrected chi connectivity index (χ2v) is 6.86. The van der Waals surface area contributed by atoms with Gasteiger partial charge >= 0.3 is 6.03 Å². The molecule has 1 aromatic rings. The lowest BCUT2D eigenvalue weighted by Crippen LogP contribution is -2.38. The summed E-state index contributed by atoms with van der Waals surface area (Å²) >= 11 is 1.61. The number of rotatable bonds is 3. The van der Waals surface area contributed by atoms with E-state index in [4.69, 9.17) is 0 Å². The van der Waals surface area contributed by atoms with E-state index in [1.807, 2.05) is 0 Å². The van der Waals surface area contributed by atoms with Crippen LogP contribution in [0.2, 0.25) is 0 Å². The monoisotopic (exact) mass is 295 g/mol. The van der Waals surface area contributed by atoms with Crippen LogP contribution in [-0.4, -0.2) is 54.9 Å². The van der Waals surface area contributed by atoms with Crippen molar-refractivity contribution in [1.82, 2.24) is 20.4 Å². The average molecular weight is 295 g/mol. The van der Waals surface area contributed by atoms with E-state index in [9.17, 15) is 4.79 Å². The third kappa shape index (κ3) is 2.59. The molecular weight excluding hydrogens is 274 g/mol. The van der Waals surface area contributed by atoms with Gasteiger partial charge in [0.25, 0.3) is 0 Å². The summed E-state index contributed by atoms with van der Waals surface area (Å²) in [6.45, 7) is 2.94. The minimum atomic E-state index is 0.0124. The van der Waals surface area contributed by atoms with Crippen LogP contribution in [0.4, 0.5) is 9.93 Å². The molecule has 1 aromatic heterocycles. The highest BCUT2D eigenvalue weighted by Crippen LogP contribution is 2.59. The summed E-state index contributed by atoms with van der Waals surface area (Å²) in [6, 6.07) is 0.0124. The first-order chi connectivity index (χ1) is 9.61. The number of hydrogen-bond acceptors (Lipinski definition) is 5. The zero-order chi connectivity index (χ0) is 14.2. The molecule has 0 aromatic carbocycles. The van der Waals surface area contributed by atoms with Crippen molar-refractivity contribution in [1.29, 1.82) is 0 Å². The summed E-state index contributed by atoms with van der Waals surface area (Å²) < 4.78 is 0. The summed E-state index contributed by atoms with van der Waals surface area (Å²) in [7, 11) is 3.55. The molecule has 6 nitrogen and oxygen atoms in total. The van der Waals surface area contributed by atoms with Gasteiger partial charge in [-0.25, -0.2) is 4.79 Å². The van der Waals surface area contributed by atoms with Gasteiger partial charge in [0.05, 0.1) is 0 Å². The van der Waals surface area contributed by atoms with Crippen LogP contribution in [0.15, 0.2) is 5.51 Å². The first-order valence-electron chi connectivity index (χ1n) is 7.07. The summed E-state index contributed by atoms with van der Waals surface area (Å²) in [5.74, 6) is 0.656. The van der Waals surface area contributed by atoms with Crippen LogP contribution >= 0.6 is 11.3 Å². The van der Waals surface area contributed by atoms with E-state index in [2.05, 4.69) is 20.4 Å². The molecule has 2 aliphatic rings. The molecule has 0 bridgehead atoms. The van der Waals surface area contributed by atoms with Crippen molar-refractivity contribution in [2.45, 2.75) is 19.3 Å². The molecule has 1 aliphatic heterocycles. The lowest BCUT2D eigenvalue weighted by molar-refractivity contribution is 0.215. The quantitative estimate of drug-likeness (QED) is 0.916. The zero-order valence-electron chi connectivity index (χ0n) is 12.0. The van der Waals surface area contributed by atoms with Crippen molar-refractivity contribution in [3.63, 3.8) is 0 Å². The molecule has 1 atom stereocenters. The van der Waals surface area contributed by atoms with Crippen molar-refractivity contribution < 1.29 is 4.79 Å². The Morgan fingerprint density at radius 3 is 2.90 bits per heavy atom. The van der Waals surface area contributed by atoms with Gasteiger partial charge in [-0.1, -0.05) is 11.3 Å². The molecule has 1 N–H and O–H groups in total. The van der Waals surface area contributed by atoms with Gasteiger partial charge in [0.15, 0.2) is 0 Å². The highest BCUT2D eigenvalue weighted by Gasteiger charge is 2.54. The molecule has 0 radical (unpaired) electrons. The van der Waals surface area contributed by atoms with E-state index >= 15 is 0 Å². The molecule has 1 spiro atoms. The minimum absolute atomic E-state index is 0.0124. The van der Waals surface area contributed by atoms with Gasteiger partial charge in [-0.2, -0.15) is 0 Å². The van der Waals surface area contributed by atoms with Gasteiger partial charge < -0.3 is 15.1 Å². The number of urea groups is 1. The molecule has 2 heterocycles. The molecular formula is C13H21N5OS. The Kier molecular flexibility index (Phi) is 3.54. The Balaban J connectivity index is 1.46. The van der Waals surface area contributed by atoms with Gasteiger partial charge in [-0.05, 0) is 30.6 Å². The van der Waals surface area contributed by atoms with Gasteiger partial charge in [0, 0.05) is 33.7 Å². The Hall–Kier alpha value is -1.37. The Morgan fingerprint density at radius 2 is 2.30 bits per heavy atom. The number of nitrogens with zero attached hydrogens (tertiary/aromatic N) is 4. The van der Waals surface area contributed by atoms with Gasteiger partial charge in [-0.15, -0.1) is 10.2 Å². The fraction of sp³-hybridized carbons (Fsp3) is 0.769. The zero-order valence-corrected chi connectivity index (χ0v) is 12.8. The minimum Gasteiger partial charge on any atom is -0.347 e. The van der Waals surface area contributed by atoms with Crippen molar-refractivity contribution in [3.05, 3.63) is 5.51 Å². The van der Waals surface area contributed by atoms with E-state index < -0.39 is 0 Å². The van der Waals surface area contributed by atoms with Crippen LogP contribution < -0.4 is 10.2 Å². The normalized spacial score (nSPS) is 23.7. The number of piperidine rings is 1. The molecule has 2 fully saturated rings. The largest absolute Gasteiger partial charge is 0.347 e. The van der Waals surface area contributed by atoms with E-state index in [1.54, 1.807) is 35.8 Å². The van der Waals surface area contributed by atoms with Gasteiger partial charge in [-0.3, -0.25) is 0 Å². The lowest BCUT2D eigenvalue weighted by atomic mass is 9.91. The molecule has 2 amide bonds. The van der Waals surface area contributed by atoms with E-state index in [0.717, 1.165) is 24.8 Å². The molecule has 1 aliphatic carbocycles. The maximum absolute atomic E-state index is 11.5. The lowest BCUT2D eigenvalue weighted by Gasteiger charge is -2.32. The topological polar surface area (TPSA) is 61.4 Å². The highest BCUT2D eigenvalue weighted by molar-refractivity contribution is 7.13. The number of aromatic nitrogens is 2. The Labute approximate surface area is 123 Å². The molecule has 1 unspecified atom stereocenters. The second kappa shape index (κ2) is 5.20. The van der Waals surface area contributed by atoms with Crippen LogP contribution in [0, 0.1) is 11.3 Å². The van der Waals surface area contributed by atoms with Crippen molar-refractivity contribution in [3.8, 4) is 0 Å². The van der Waals surface area contributed by atoms with E-state index in [-0.39, 0.29) is 6.03 Å². The van der Waals surface area contributed by atoms with Crippen LogP contribution in [0.5, 0.6) is 0 Å². The van der Waals surface area contributed by atoms with Crippen LogP contribution in [0.25, 0.3) is 0 Å². The summed E-state index contributed by atoms with van der Waals surface area (Å²) in [5.41, 5.74) is 2.26. The number of carbonyl (C=O) groups excluding carboxylic acids is 1. The number of anilines is 1. The Bertz CT molecular complexity index is 467. The summed E-state index contributed by atoms with van der Waals surface area (Å²) in [6.07, 6.45) is 3.66. The van der Waals surface area contributed by atoms with Crippen LogP contribution in [-0.2, 0) is 0 Å². The molecule has 110 valence electrons. The maximum atomic E-state index is 11.5. The van der Waals surface area contributed by atoms with Crippen molar-refractivity contribution in [2.24, 2.45) is 11.3 Å². The fourth-order valence-electron chi connectivity index (χ4n) is 3.15. The van der Waals surface area contributed by atoms with Gasteiger partial charge in [0.2, 0.25) is 5.13 Å². The van der Waals surface area contributed by atoms with E-state index in [0.29, 0.717) is 11.3 Å². The Morgan fingerprint density at radius 1 is 1.55 bits per heavy atom. The third-order valence-electron chi connectivity index (χ3n) is 4.64. The van der Waals surface area contributed by atoms with Crippen LogP contribution in [0.3, 0.4) is 0 Å². The van der Waals surface area contributed by atoms with E-state index in [1.165, 1.54) is 19.3 Å². The van der Waals surface area contributed by atoms with Crippen molar-refractivity contribution >= 4 is 22.5 Å². The standard InChI is InChI=1S/C13H21N5OS/c1-17(2)11(19)14-8-10-7-13(10)3-5-18(6-4-13)12-16-15-9-20-12/h9-10H,3-8H2,1-2H3,(H,14,19). The second-order valence-electron chi connectivity index (χ2n) is 6.05. The number of carbonyl (C=O) groups is 1. The average Bonchev–Trinajstić information content (AvgIpc) is 2.88. The predicted molar refractivity (Wildman–Crippen MR) is 79.0 cm³/mol. The number of hydrogen-bond donors (Lipinski definition) is 1. The number of amides is 2. The molecule has 1 saturated carbocycles. The first kappa shape index (κ1) is 13.6. The highest BCUT2D eigenvalue weighted by atomic mass is 32.1. The third-order valence-corrected chi connectivity index (χ3v) is 5.39. The fourth-order valence-corrected chi connectivity index (χ4v) is 3.76. The van der Waals surface area contributed by atoms with Crippen molar-refractivity contribution in [2.75, 3.05) is 38.6 Å². The predicted octanol–water partition coefficient (Wildman–Crippen LogP) is 1.42. The molecule has 1 saturated heterocycles. The molecule has 7 heteroatoms. The van der Waals surface area contributed by atoms with Crippen LogP contribution in [0.1, 0.15) is 19.3 Å². The smallest absolute Gasteiger partial charge is 0.316 e. The first-order valence-corrected chi connectivity index (χ1v) is 7.95. The SMILES string of the molecule is CN(C)C(=O)NCC1CC12CCN(c1nncs1)CC2. The summed E-state index contributed by atoms with van der Waals surface area (Å²) in [5, 5.41) is 12.1. The van der Waals surface area contributed by atoms with Gasteiger partial charge in [0.1, 0.15) is 5.51 Å². The number of nitrogens with one attached hydrogen (secondary N) is 1. The maximum Gasteiger partial charge on any atom is 0.316 e. The molecule has 20 heavy (non-hydrogen) atoms. The molecule has 3 rings (SSSR count).